The Hall–Kier alpha value is -1.26. The molecule has 0 aromatic heterocycles. The molecule has 5 heteroatoms. The van der Waals surface area contributed by atoms with Crippen LogP contribution >= 0.6 is 0 Å². The summed E-state index contributed by atoms with van der Waals surface area (Å²) in [6, 6.07) is -0.898. The van der Waals surface area contributed by atoms with Crippen molar-refractivity contribution in [2.75, 3.05) is 0 Å². The number of hydrogen-bond donors (Lipinski definition) is 2. The van der Waals surface area contributed by atoms with Crippen molar-refractivity contribution in [3.63, 3.8) is 0 Å². The van der Waals surface area contributed by atoms with Crippen molar-refractivity contribution in [3.05, 3.63) is 0 Å². The number of rotatable bonds is 3. The molecule has 0 saturated heterocycles. The van der Waals surface area contributed by atoms with Crippen LogP contribution in [0, 0.1) is 11.3 Å². The number of nitrogens with one attached hydrogen (secondary N) is 1. The van der Waals surface area contributed by atoms with Crippen LogP contribution in [0.5, 0.6) is 0 Å². The second kappa shape index (κ2) is 6.02. The maximum absolute atomic E-state index is 11.8. The van der Waals surface area contributed by atoms with Gasteiger partial charge in [-0.25, -0.2) is 9.59 Å². The number of alkyl carbamates (subject to hydrolysis) is 1. The lowest BCUT2D eigenvalue weighted by Crippen LogP contribution is -2.53. The highest BCUT2D eigenvalue weighted by atomic mass is 16.6. The highest BCUT2D eigenvalue weighted by molar-refractivity contribution is 5.81. The van der Waals surface area contributed by atoms with Crippen LogP contribution in [0.3, 0.4) is 0 Å². The minimum atomic E-state index is -0.993. The molecule has 1 atom stereocenters. The number of aliphatic carboxylic acids is 1. The van der Waals surface area contributed by atoms with E-state index in [0.29, 0.717) is 5.92 Å². The molecular weight excluding hydrogens is 258 g/mol. The Morgan fingerprint density at radius 1 is 1.30 bits per heavy atom. The smallest absolute Gasteiger partial charge is 0.408 e. The quantitative estimate of drug-likeness (QED) is 0.835. The van der Waals surface area contributed by atoms with Gasteiger partial charge in [0, 0.05) is 0 Å². The molecule has 20 heavy (non-hydrogen) atoms. The Kier molecular flexibility index (Phi) is 5.05. The number of carboxylic acid groups (broad SMARTS) is 1. The average molecular weight is 285 g/mol. The summed E-state index contributed by atoms with van der Waals surface area (Å²) < 4.78 is 5.16. The van der Waals surface area contributed by atoms with Crippen LogP contribution < -0.4 is 5.32 Å². The predicted molar refractivity (Wildman–Crippen MR) is 76.5 cm³/mol. The van der Waals surface area contributed by atoms with Crippen molar-refractivity contribution in [2.45, 2.75) is 71.9 Å². The molecular formula is C15H27NO4. The zero-order chi connectivity index (χ0) is 15.6. The van der Waals surface area contributed by atoms with E-state index in [0.717, 1.165) is 25.7 Å². The lowest BCUT2D eigenvalue weighted by Gasteiger charge is -2.40. The third kappa shape index (κ3) is 4.69. The second-order valence-corrected chi connectivity index (χ2v) is 7.25. The van der Waals surface area contributed by atoms with Crippen LogP contribution in [0.1, 0.15) is 60.3 Å². The van der Waals surface area contributed by atoms with E-state index in [2.05, 4.69) is 12.2 Å². The van der Waals surface area contributed by atoms with E-state index >= 15 is 0 Å². The maximum atomic E-state index is 11.8. The molecule has 0 heterocycles. The number of ether oxygens (including phenoxy) is 1. The summed E-state index contributed by atoms with van der Waals surface area (Å²) in [7, 11) is 0. The molecule has 5 nitrogen and oxygen atoms in total. The van der Waals surface area contributed by atoms with Gasteiger partial charge in [0.25, 0.3) is 0 Å². The van der Waals surface area contributed by atoms with Crippen molar-refractivity contribution in [2.24, 2.45) is 11.3 Å². The number of hydrogen-bond acceptors (Lipinski definition) is 3. The van der Waals surface area contributed by atoms with Gasteiger partial charge >= 0.3 is 12.1 Å². The van der Waals surface area contributed by atoms with Gasteiger partial charge in [-0.1, -0.05) is 26.7 Å². The first-order valence-electron chi connectivity index (χ1n) is 7.26. The average Bonchev–Trinajstić information content (AvgIpc) is 2.27. The van der Waals surface area contributed by atoms with Crippen molar-refractivity contribution in [1.82, 2.24) is 5.32 Å². The Bertz CT molecular complexity index is 365. The van der Waals surface area contributed by atoms with Crippen LogP contribution in [-0.2, 0) is 9.53 Å². The topological polar surface area (TPSA) is 75.6 Å². The molecule has 1 amide bonds. The monoisotopic (exact) mass is 285 g/mol. The molecule has 1 aliphatic carbocycles. The third-order valence-corrected chi connectivity index (χ3v) is 4.02. The van der Waals surface area contributed by atoms with E-state index in [1.165, 1.54) is 0 Å². The first-order valence-corrected chi connectivity index (χ1v) is 7.26. The molecule has 0 aliphatic heterocycles. The summed E-state index contributed by atoms with van der Waals surface area (Å²) in [5.74, 6) is -0.369. The van der Waals surface area contributed by atoms with Crippen LogP contribution in [-0.4, -0.2) is 28.8 Å². The van der Waals surface area contributed by atoms with Crippen LogP contribution in [0.2, 0.25) is 0 Å². The molecule has 0 radical (unpaired) electrons. The molecule has 0 aromatic rings. The summed E-state index contributed by atoms with van der Waals surface area (Å²) in [6.07, 6.45) is 2.94. The zero-order valence-corrected chi connectivity index (χ0v) is 13.2. The SMILES string of the molecule is CC(C)(C)OC(=O)N[C@H](C(=O)O)[C@]1(C)CC[C@H](C)CC1. The fraction of sp³-hybridized carbons (Fsp3) is 0.867. The van der Waals surface area contributed by atoms with Gasteiger partial charge in [-0.05, 0) is 44.9 Å². The normalized spacial score (nSPS) is 28.6. The number of carbonyl (C=O) groups is 2. The molecule has 0 unspecified atom stereocenters. The van der Waals surface area contributed by atoms with E-state index in [-0.39, 0.29) is 0 Å². The lowest BCUT2D eigenvalue weighted by molar-refractivity contribution is -0.144. The summed E-state index contributed by atoms with van der Waals surface area (Å²) in [5.41, 5.74) is -1.04. The molecule has 0 bridgehead atoms. The van der Waals surface area contributed by atoms with Crippen LogP contribution in [0.25, 0.3) is 0 Å². The third-order valence-electron chi connectivity index (χ3n) is 4.02. The highest BCUT2D eigenvalue weighted by Crippen LogP contribution is 2.41. The minimum absolute atomic E-state index is 0.407. The summed E-state index contributed by atoms with van der Waals surface area (Å²) >= 11 is 0. The molecule has 1 saturated carbocycles. The van der Waals surface area contributed by atoms with E-state index < -0.39 is 29.1 Å². The number of carbonyl (C=O) groups excluding carboxylic acids is 1. The molecule has 0 aromatic carbocycles. The number of amides is 1. The van der Waals surface area contributed by atoms with Gasteiger partial charge < -0.3 is 15.2 Å². The molecule has 2 N–H and O–H groups in total. The highest BCUT2D eigenvalue weighted by Gasteiger charge is 2.42. The van der Waals surface area contributed by atoms with E-state index in [4.69, 9.17) is 4.74 Å². The molecule has 1 aliphatic rings. The fourth-order valence-corrected chi connectivity index (χ4v) is 2.67. The molecule has 1 rings (SSSR count). The van der Waals surface area contributed by atoms with Crippen molar-refractivity contribution in [1.29, 1.82) is 0 Å². The Morgan fingerprint density at radius 3 is 2.20 bits per heavy atom. The Morgan fingerprint density at radius 2 is 1.80 bits per heavy atom. The maximum Gasteiger partial charge on any atom is 0.408 e. The summed E-state index contributed by atoms with van der Waals surface area (Å²) in [5, 5.41) is 12.0. The van der Waals surface area contributed by atoms with Gasteiger partial charge in [-0.15, -0.1) is 0 Å². The second-order valence-electron chi connectivity index (χ2n) is 7.25. The summed E-state index contributed by atoms with van der Waals surface area (Å²) in [6.45, 7) is 9.39. The largest absolute Gasteiger partial charge is 0.480 e. The molecule has 116 valence electrons. The van der Waals surface area contributed by atoms with Crippen LogP contribution in [0.4, 0.5) is 4.79 Å². The van der Waals surface area contributed by atoms with Crippen molar-refractivity contribution in [3.8, 4) is 0 Å². The van der Waals surface area contributed by atoms with E-state index in [9.17, 15) is 14.7 Å². The van der Waals surface area contributed by atoms with E-state index in [1.807, 2.05) is 6.92 Å². The van der Waals surface area contributed by atoms with Gasteiger partial charge in [0.05, 0.1) is 0 Å². The van der Waals surface area contributed by atoms with E-state index in [1.54, 1.807) is 20.8 Å². The molecule has 0 spiro atoms. The van der Waals surface area contributed by atoms with Crippen molar-refractivity contribution < 1.29 is 19.4 Å². The van der Waals surface area contributed by atoms with Gasteiger partial charge in [0.15, 0.2) is 0 Å². The van der Waals surface area contributed by atoms with Gasteiger partial charge in [-0.2, -0.15) is 0 Å². The predicted octanol–water partition coefficient (Wildman–Crippen LogP) is 3.18. The lowest BCUT2D eigenvalue weighted by atomic mass is 9.68. The van der Waals surface area contributed by atoms with Gasteiger partial charge in [0.2, 0.25) is 0 Å². The summed E-state index contributed by atoms with van der Waals surface area (Å²) in [4.78, 5) is 23.3. The molecule has 1 fully saturated rings. The van der Waals surface area contributed by atoms with Gasteiger partial charge in [-0.3, -0.25) is 0 Å². The van der Waals surface area contributed by atoms with Gasteiger partial charge in [0.1, 0.15) is 11.6 Å². The standard InChI is InChI=1S/C15H27NO4/c1-10-6-8-15(5,9-7-10)11(12(17)18)16-13(19)20-14(2,3)4/h10-11H,6-9H2,1-5H3,(H,16,19)(H,17,18)/t10-,11-,15+/m1/s1. The van der Waals surface area contributed by atoms with Crippen LogP contribution in [0.15, 0.2) is 0 Å². The minimum Gasteiger partial charge on any atom is -0.480 e. The number of carboxylic acids is 1. The fourth-order valence-electron chi connectivity index (χ4n) is 2.67. The van der Waals surface area contributed by atoms with Crippen molar-refractivity contribution >= 4 is 12.1 Å². The first kappa shape index (κ1) is 16.8. The Balaban J connectivity index is 2.74. The Labute approximate surface area is 121 Å². The first-order chi connectivity index (χ1) is 9.03. The zero-order valence-electron chi connectivity index (χ0n) is 13.2.